The van der Waals surface area contributed by atoms with Crippen molar-refractivity contribution in [3.8, 4) is 0 Å². The number of likely N-dealkylation sites (N-methyl/N-ethyl adjacent to an activating group) is 1. The summed E-state index contributed by atoms with van der Waals surface area (Å²) in [5.74, 6) is -0.912. The number of carbonyl (C=O) groups is 2. The fourth-order valence-electron chi connectivity index (χ4n) is 3.26. The highest BCUT2D eigenvalue weighted by Crippen LogP contribution is 2.28. The number of urea groups is 1. The average Bonchev–Trinajstić information content (AvgIpc) is 2.83. The van der Waals surface area contributed by atoms with Crippen LogP contribution in [0.1, 0.15) is 44.9 Å². The second kappa shape index (κ2) is 6.43. The standard InChI is InChI=1S/C14H25N3O3/c1-17-9-5-6-11(17)10-15-13(20)16-14(12(18)19)7-3-2-4-8-14/h11H,2-10H2,1H3,(H,18,19)(H2,15,16,20). The molecule has 0 aromatic rings. The Kier molecular flexibility index (Phi) is 4.86. The van der Waals surface area contributed by atoms with Gasteiger partial charge in [0.1, 0.15) is 5.54 Å². The van der Waals surface area contributed by atoms with E-state index in [1.807, 2.05) is 0 Å². The molecule has 1 heterocycles. The number of carboxylic acid groups (broad SMARTS) is 1. The second-order valence-electron chi connectivity index (χ2n) is 6.06. The molecule has 0 spiro atoms. The molecule has 1 atom stereocenters. The lowest BCUT2D eigenvalue weighted by molar-refractivity contribution is -0.145. The van der Waals surface area contributed by atoms with Crippen LogP contribution in [0, 0.1) is 0 Å². The monoisotopic (exact) mass is 283 g/mol. The van der Waals surface area contributed by atoms with E-state index in [9.17, 15) is 14.7 Å². The first kappa shape index (κ1) is 15.1. The number of hydrogen-bond acceptors (Lipinski definition) is 3. The van der Waals surface area contributed by atoms with Gasteiger partial charge < -0.3 is 20.6 Å². The molecule has 1 saturated carbocycles. The molecule has 0 radical (unpaired) electrons. The number of carboxylic acids is 1. The lowest BCUT2D eigenvalue weighted by Gasteiger charge is -2.34. The molecule has 1 unspecified atom stereocenters. The third-order valence-corrected chi connectivity index (χ3v) is 4.64. The highest BCUT2D eigenvalue weighted by Gasteiger charge is 2.41. The minimum atomic E-state index is -1.07. The molecule has 0 aromatic carbocycles. The number of aliphatic carboxylic acids is 1. The van der Waals surface area contributed by atoms with Crippen LogP contribution in [0.25, 0.3) is 0 Å². The van der Waals surface area contributed by atoms with Gasteiger partial charge in [0.15, 0.2) is 0 Å². The molecule has 2 fully saturated rings. The van der Waals surface area contributed by atoms with Gasteiger partial charge >= 0.3 is 12.0 Å². The Bertz CT molecular complexity index is 367. The maximum atomic E-state index is 12.0. The van der Waals surface area contributed by atoms with Crippen LogP contribution in [0.5, 0.6) is 0 Å². The van der Waals surface area contributed by atoms with Crippen LogP contribution in [0.3, 0.4) is 0 Å². The third-order valence-electron chi connectivity index (χ3n) is 4.64. The summed E-state index contributed by atoms with van der Waals surface area (Å²) in [6, 6.07) is 0.0162. The summed E-state index contributed by atoms with van der Waals surface area (Å²) in [4.78, 5) is 25.7. The van der Waals surface area contributed by atoms with E-state index in [1.165, 1.54) is 0 Å². The molecule has 0 aromatic heterocycles. The van der Waals surface area contributed by atoms with Crippen molar-refractivity contribution in [1.29, 1.82) is 0 Å². The van der Waals surface area contributed by atoms with Gasteiger partial charge in [-0.2, -0.15) is 0 Å². The molecule has 1 aliphatic carbocycles. The second-order valence-corrected chi connectivity index (χ2v) is 6.06. The van der Waals surface area contributed by atoms with Gasteiger partial charge in [-0.3, -0.25) is 0 Å². The highest BCUT2D eigenvalue weighted by atomic mass is 16.4. The molecule has 3 N–H and O–H groups in total. The zero-order valence-corrected chi connectivity index (χ0v) is 12.2. The Hall–Kier alpha value is -1.30. The van der Waals surface area contributed by atoms with Crippen LogP contribution in [-0.2, 0) is 4.79 Å². The SMILES string of the molecule is CN1CCCC1CNC(=O)NC1(C(=O)O)CCCCC1. The van der Waals surface area contributed by atoms with E-state index in [-0.39, 0.29) is 6.03 Å². The summed E-state index contributed by atoms with van der Waals surface area (Å²) in [5.41, 5.74) is -1.07. The number of likely N-dealkylation sites (tertiary alicyclic amines) is 1. The van der Waals surface area contributed by atoms with Crippen LogP contribution in [0.15, 0.2) is 0 Å². The van der Waals surface area contributed by atoms with Gasteiger partial charge in [0.05, 0.1) is 0 Å². The van der Waals surface area contributed by atoms with Crippen molar-refractivity contribution in [2.75, 3.05) is 20.1 Å². The maximum Gasteiger partial charge on any atom is 0.329 e. The Morgan fingerprint density at radius 3 is 2.50 bits per heavy atom. The Balaban J connectivity index is 1.84. The first-order chi connectivity index (χ1) is 9.53. The first-order valence-electron chi connectivity index (χ1n) is 7.53. The predicted octanol–water partition coefficient (Wildman–Crippen LogP) is 1.17. The van der Waals surface area contributed by atoms with Crippen molar-refractivity contribution in [3.05, 3.63) is 0 Å². The average molecular weight is 283 g/mol. The highest BCUT2D eigenvalue weighted by molar-refractivity contribution is 5.86. The van der Waals surface area contributed by atoms with E-state index < -0.39 is 11.5 Å². The van der Waals surface area contributed by atoms with Crippen molar-refractivity contribution in [1.82, 2.24) is 15.5 Å². The van der Waals surface area contributed by atoms with Crippen LogP contribution in [-0.4, -0.2) is 53.7 Å². The Morgan fingerprint density at radius 2 is 1.95 bits per heavy atom. The number of rotatable bonds is 4. The van der Waals surface area contributed by atoms with Crippen molar-refractivity contribution in [2.24, 2.45) is 0 Å². The van der Waals surface area contributed by atoms with E-state index in [2.05, 4.69) is 22.6 Å². The predicted molar refractivity (Wildman–Crippen MR) is 75.6 cm³/mol. The quantitative estimate of drug-likeness (QED) is 0.723. The molecule has 114 valence electrons. The van der Waals surface area contributed by atoms with Crippen LogP contribution >= 0.6 is 0 Å². The minimum absolute atomic E-state index is 0.352. The van der Waals surface area contributed by atoms with E-state index in [0.29, 0.717) is 25.4 Å². The van der Waals surface area contributed by atoms with E-state index in [0.717, 1.165) is 38.6 Å². The van der Waals surface area contributed by atoms with Gasteiger partial charge in [-0.25, -0.2) is 9.59 Å². The van der Waals surface area contributed by atoms with Gasteiger partial charge in [0.2, 0.25) is 0 Å². The molecule has 6 nitrogen and oxygen atoms in total. The number of nitrogens with one attached hydrogen (secondary N) is 2. The molecule has 2 amide bonds. The fourth-order valence-corrected chi connectivity index (χ4v) is 3.26. The van der Waals surface area contributed by atoms with Gasteiger partial charge in [-0.1, -0.05) is 19.3 Å². The molecular weight excluding hydrogens is 258 g/mol. The van der Waals surface area contributed by atoms with Crippen LogP contribution in [0.4, 0.5) is 4.79 Å². The fraction of sp³-hybridized carbons (Fsp3) is 0.857. The zero-order chi connectivity index (χ0) is 14.6. The van der Waals surface area contributed by atoms with Crippen molar-refractivity contribution >= 4 is 12.0 Å². The number of carbonyl (C=O) groups excluding carboxylic acids is 1. The zero-order valence-electron chi connectivity index (χ0n) is 12.2. The molecule has 0 bridgehead atoms. The van der Waals surface area contributed by atoms with Crippen molar-refractivity contribution in [3.63, 3.8) is 0 Å². The number of nitrogens with zero attached hydrogens (tertiary/aromatic N) is 1. The topological polar surface area (TPSA) is 81.7 Å². The molecule has 1 aliphatic heterocycles. The first-order valence-corrected chi connectivity index (χ1v) is 7.53. The largest absolute Gasteiger partial charge is 0.480 e. The van der Waals surface area contributed by atoms with Crippen LogP contribution < -0.4 is 10.6 Å². The van der Waals surface area contributed by atoms with Crippen molar-refractivity contribution in [2.45, 2.75) is 56.5 Å². The summed E-state index contributed by atoms with van der Waals surface area (Å²) in [6.07, 6.45) is 6.06. The minimum Gasteiger partial charge on any atom is -0.480 e. The maximum absolute atomic E-state index is 12.0. The van der Waals surface area contributed by atoms with E-state index in [4.69, 9.17) is 0 Å². The van der Waals surface area contributed by atoms with Gasteiger partial charge in [0, 0.05) is 12.6 Å². The van der Waals surface area contributed by atoms with Crippen LogP contribution in [0.2, 0.25) is 0 Å². The lowest BCUT2D eigenvalue weighted by Crippen LogP contribution is -2.58. The van der Waals surface area contributed by atoms with Gasteiger partial charge in [0.25, 0.3) is 0 Å². The normalized spacial score (nSPS) is 26.1. The molecule has 2 rings (SSSR count). The molecule has 20 heavy (non-hydrogen) atoms. The van der Waals surface area contributed by atoms with E-state index >= 15 is 0 Å². The molecule has 6 heteroatoms. The van der Waals surface area contributed by atoms with Gasteiger partial charge in [-0.05, 0) is 39.3 Å². The number of amides is 2. The molecule has 2 aliphatic rings. The van der Waals surface area contributed by atoms with Gasteiger partial charge in [-0.15, -0.1) is 0 Å². The molecular formula is C14H25N3O3. The lowest BCUT2D eigenvalue weighted by atomic mass is 9.82. The summed E-state index contributed by atoms with van der Waals surface area (Å²) < 4.78 is 0. The summed E-state index contributed by atoms with van der Waals surface area (Å²) in [7, 11) is 2.05. The summed E-state index contributed by atoms with van der Waals surface area (Å²) >= 11 is 0. The molecule has 1 saturated heterocycles. The Morgan fingerprint density at radius 1 is 1.25 bits per heavy atom. The number of hydrogen-bond donors (Lipinski definition) is 3. The summed E-state index contributed by atoms with van der Waals surface area (Å²) in [5, 5.41) is 14.9. The Labute approximate surface area is 119 Å². The van der Waals surface area contributed by atoms with Crippen molar-refractivity contribution < 1.29 is 14.7 Å². The van der Waals surface area contributed by atoms with E-state index in [1.54, 1.807) is 0 Å². The smallest absolute Gasteiger partial charge is 0.329 e. The third kappa shape index (κ3) is 3.42. The summed E-state index contributed by atoms with van der Waals surface area (Å²) in [6.45, 7) is 1.64.